The van der Waals surface area contributed by atoms with Gasteiger partial charge < -0.3 is 4.90 Å². The normalized spacial score (nSPS) is 18.6. The Labute approximate surface area is 377 Å². The van der Waals surface area contributed by atoms with Crippen LogP contribution in [0.2, 0.25) is 0 Å². The van der Waals surface area contributed by atoms with E-state index < -0.39 is 0 Å². The molecule has 0 aliphatic heterocycles. The first-order valence-corrected chi connectivity index (χ1v) is 23.7. The van der Waals surface area contributed by atoms with Crippen LogP contribution in [-0.4, -0.2) is 0 Å². The molecule has 7 aromatic carbocycles. The second kappa shape index (κ2) is 16.6. The van der Waals surface area contributed by atoms with E-state index in [2.05, 4.69) is 199 Å². The summed E-state index contributed by atoms with van der Waals surface area (Å²) in [7, 11) is 0. The van der Waals surface area contributed by atoms with Crippen LogP contribution in [0.5, 0.6) is 0 Å². The maximum atomic E-state index is 2.55. The Morgan fingerprint density at radius 1 is 0.531 bits per heavy atom. The van der Waals surface area contributed by atoms with Crippen molar-refractivity contribution in [3.63, 3.8) is 0 Å². The molecule has 0 saturated heterocycles. The minimum Gasteiger partial charge on any atom is -0.315 e. The van der Waals surface area contributed by atoms with Crippen molar-refractivity contribution in [3.8, 4) is 0 Å². The fraction of sp³-hybridized carbons (Fsp3) is 0.175. The second-order valence-electron chi connectivity index (χ2n) is 18.4. The van der Waals surface area contributed by atoms with Gasteiger partial charge in [-0.2, -0.15) is 0 Å². The molecule has 0 spiro atoms. The summed E-state index contributed by atoms with van der Waals surface area (Å²) in [6.07, 6.45) is 44.0. The van der Waals surface area contributed by atoms with Gasteiger partial charge in [0.05, 0.1) is 0 Å². The molecule has 1 atom stereocenters. The number of fused-ring (bicyclic) bond motifs is 12. The van der Waals surface area contributed by atoms with Crippen LogP contribution < -0.4 is 4.90 Å². The average Bonchev–Trinajstić information content (AvgIpc) is 3.37. The number of aryl methyl sites for hydroxylation is 1. The predicted octanol–water partition coefficient (Wildman–Crippen LogP) is 17.3. The summed E-state index contributed by atoms with van der Waals surface area (Å²) in [5.74, 6) is 0.409. The smallest absolute Gasteiger partial charge is 0.0464 e. The lowest BCUT2D eigenvalue weighted by atomic mass is 9.82. The quantitative estimate of drug-likeness (QED) is 0.138. The van der Waals surface area contributed by atoms with Crippen LogP contribution in [0.3, 0.4) is 0 Å². The first-order chi connectivity index (χ1) is 31.7. The molecule has 0 radical (unpaired) electrons. The maximum absolute atomic E-state index is 2.55. The zero-order valence-corrected chi connectivity index (χ0v) is 36.6. The molecule has 64 heavy (non-hydrogen) atoms. The highest BCUT2D eigenvalue weighted by Gasteiger charge is 2.23. The van der Waals surface area contributed by atoms with Gasteiger partial charge in [-0.25, -0.2) is 0 Å². The van der Waals surface area contributed by atoms with Crippen molar-refractivity contribution in [1.82, 2.24) is 0 Å². The summed E-state index contributed by atoms with van der Waals surface area (Å²) in [6.45, 7) is 0. The highest BCUT2D eigenvalue weighted by Crippen LogP contribution is 2.43. The molecule has 310 valence electrons. The Kier molecular flexibility index (Phi) is 10.1. The Bertz CT molecular complexity index is 3350. The molecule has 1 nitrogen and oxygen atoms in total. The summed E-state index contributed by atoms with van der Waals surface area (Å²) >= 11 is 0. The Morgan fingerprint density at radius 2 is 1.20 bits per heavy atom. The monoisotopic (exact) mass is 823 g/mol. The third kappa shape index (κ3) is 7.05. The van der Waals surface area contributed by atoms with E-state index in [0.717, 1.165) is 64.2 Å². The average molecular weight is 824 g/mol. The van der Waals surface area contributed by atoms with Crippen molar-refractivity contribution in [2.24, 2.45) is 5.92 Å². The van der Waals surface area contributed by atoms with Gasteiger partial charge in [-0.1, -0.05) is 175 Å². The van der Waals surface area contributed by atoms with Gasteiger partial charge in [-0.3, -0.25) is 0 Å². The molecule has 1 heteroatoms. The van der Waals surface area contributed by atoms with Crippen molar-refractivity contribution in [1.29, 1.82) is 0 Å². The fourth-order valence-corrected chi connectivity index (χ4v) is 11.4. The van der Waals surface area contributed by atoms with E-state index >= 15 is 0 Å². The van der Waals surface area contributed by atoms with Gasteiger partial charge in [0, 0.05) is 23.0 Å². The SMILES string of the molecule is C1=CCC(C(=Cc2ccc3c4ccccc4c4ccccc4c3c2)CC2=CC=C(C3=CC=C(N(C4=CCCC=C4)c4ccc5c(c4)c4c(c6ccccc65)C=CCC4)CC3)CC2)C=C1. The summed E-state index contributed by atoms with van der Waals surface area (Å²) in [5, 5.41) is 13.5. The van der Waals surface area contributed by atoms with Gasteiger partial charge in [-0.05, 0) is 176 Å². The van der Waals surface area contributed by atoms with Gasteiger partial charge >= 0.3 is 0 Å². The van der Waals surface area contributed by atoms with Crippen LogP contribution in [0.15, 0.2) is 216 Å². The summed E-state index contributed by atoms with van der Waals surface area (Å²) < 4.78 is 0. The zero-order valence-electron chi connectivity index (χ0n) is 36.6. The van der Waals surface area contributed by atoms with Crippen molar-refractivity contribution in [2.45, 2.75) is 64.2 Å². The van der Waals surface area contributed by atoms with Crippen LogP contribution >= 0.6 is 0 Å². The first kappa shape index (κ1) is 38.7. The van der Waals surface area contributed by atoms with Crippen LogP contribution in [0.25, 0.3) is 66.0 Å². The van der Waals surface area contributed by atoms with Gasteiger partial charge in [-0.15, -0.1) is 0 Å². The first-order valence-electron chi connectivity index (χ1n) is 23.7. The Hall–Kier alpha value is -6.96. The van der Waals surface area contributed by atoms with E-state index in [-0.39, 0.29) is 0 Å². The summed E-state index contributed by atoms with van der Waals surface area (Å²) in [6, 6.07) is 41.1. The third-order valence-corrected chi connectivity index (χ3v) is 14.6. The molecule has 0 fully saturated rings. The fourth-order valence-electron chi connectivity index (χ4n) is 11.4. The lowest BCUT2D eigenvalue weighted by Gasteiger charge is -2.32. The lowest BCUT2D eigenvalue weighted by Crippen LogP contribution is -2.23. The molecular weight excluding hydrogens is 771 g/mol. The molecule has 7 aromatic rings. The molecule has 5 aliphatic carbocycles. The number of hydrogen-bond acceptors (Lipinski definition) is 1. The Balaban J connectivity index is 0.849. The van der Waals surface area contributed by atoms with E-state index in [1.807, 2.05) is 0 Å². The van der Waals surface area contributed by atoms with E-state index in [0.29, 0.717) is 5.92 Å². The molecule has 0 heterocycles. The number of nitrogens with zero attached hydrogens (tertiary/aromatic N) is 1. The minimum atomic E-state index is 0.409. The molecule has 12 rings (SSSR count). The van der Waals surface area contributed by atoms with Crippen molar-refractivity contribution >= 4 is 71.7 Å². The van der Waals surface area contributed by atoms with Crippen LogP contribution in [0.4, 0.5) is 5.69 Å². The number of allylic oxidation sites excluding steroid dienone is 17. The Morgan fingerprint density at radius 3 is 1.89 bits per heavy atom. The summed E-state index contributed by atoms with van der Waals surface area (Å²) in [5.41, 5.74) is 14.2. The summed E-state index contributed by atoms with van der Waals surface area (Å²) in [4.78, 5) is 2.55. The molecule has 0 saturated carbocycles. The van der Waals surface area contributed by atoms with E-state index in [1.54, 1.807) is 0 Å². The standard InChI is InChI=1S/C63H53N/c1-3-15-45(16-4-1)48(40-44-29-37-60-56-23-9-7-19-52(56)54-21-11-13-25-58(54)62(60)41-44)39-43-27-30-46(31-28-43)47-32-34-50(35-33-47)64(49-17-5-2-6-18-49)51-36-38-61-57-24-10-8-20-53(57)55-22-12-14-26-59(55)63(61)42-51/h1,3-5,7-13,15,17-25,27,29-30,32,34,36-38,40-42,45H,2,6,14,16,26,28,31,33,35,39H2. The minimum absolute atomic E-state index is 0.409. The molecule has 0 amide bonds. The largest absolute Gasteiger partial charge is 0.315 e. The topological polar surface area (TPSA) is 3.24 Å². The highest BCUT2D eigenvalue weighted by molar-refractivity contribution is 6.25. The van der Waals surface area contributed by atoms with Crippen LogP contribution in [0.1, 0.15) is 74.5 Å². The van der Waals surface area contributed by atoms with Gasteiger partial charge in [0.1, 0.15) is 0 Å². The van der Waals surface area contributed by atoms with Crippen molar-refractivity contribution in [2.75, 3.05) is 4.90 Å². The van der Waals surface area contributed by atoms with Crippen LogP contribution in [0, 0.1) is 5.92 Å². The van der Waals surface area contributed by atoms with Crippen LogP contribution in [-0.2, 0) is 6.42 Å². The predicted molar refractivity (Wildman–Crippen MR) is 276 cm³/mol. The third-order valence-electron chi connectivity index (χ3n) is 14.6. The molecular formula is C63H53N. The van der Waals surface area contributed by atoms with Crippen molar-refractivity contribution in [3.05, 3.63) is 232 Å². The molecule has 0 bridgehead atoms. The van der Waals surface area contributed by atoms with E-state index in [1.165, 1.54) is 110 Å². The number of anilines is 1. The van der Waals surface area contributed by atoms with Gasteiger partial charge in [0.15, 0.2) is 0 Å². The van der Waals surface area contributed by atoms with E-state index in [4.69, 9.17) is 0 Å². The molecule has 0 aromatic heterocycles. The molecule has 1 unspecified atom stereocenters. The molecule has 5 aliphatic rings. The number of benzene rings is 7. The maximum Gasteiger partial charge on any atom is 0.0464 e. The number of rotatable bonds is 8. The second-order valence-corrected chi connectivity index (χ2v) is 18.4. The van der Waals surface area contributed by atoms with Crippen molar-refractivity contribution < 1.29 is 0 Å². The van der Waals surface area contributed by atoms with Gasteiger partial charge in [0.25, 0.3) is 0 Å². The molecule has 0 N–H and O–H groups in total. The lowest BCUT2D eigenvalue weighted by molar-refractivity contribution is 0.728. The zero-order chi connectivity index (χ0) is 42.4. The number of hydrogen-bond donors (Lipinski definition) is 0. The van der Waals surface area contributed by atoms with Gasteiger partial charge in [0.2, 0.25) is 0 Å². The van der Waals surface area contributed by atoms with E-state index in [9.17, 15) is 0 Å². The highest BCUT2D eigenvalue weighted by atomic mass is 15.2.